The molecule has 1 saturated carbocycles. The molecule has 1 aliphatic carbocycles. The summed E-state index contributed by atoms with van der Waals surface area (Å²) < 4.78 is 31.4. The highest BCUT2D eigenvalue weighted by Gasteiger charge is 2.69. The molecule has 1 fully saturated rings. The minimum absolute atomic E-state index is 0.205. The number of nitrogens with two attached hydrogens (primary N) is 2. The molecule has 0 amide bonds. The Bertz CT molecular complexity index is 800. The minimum Gasteiger partial charge on any atom is -0.497 e. The first-order chi connectivity index (χ1) is 11.5. The maximum absolute atomic E-state index is 13.1. The third-order valence-corrected chi connectivity index (χ3v) is 7.36. The van der Waals surface area contributed by atoms with Crippen molar-refractivity contribution in [2.75, 3.05) is 20.2 Å². The number of methoxy groups -OCH3 is 1. The van der Waals surface area contributed by atoms with Crippen molar-refractivity contribution in [3.63, 3.8) is 0 Å². The first-order valence-corrected chi connectivity index (χ1v) is 9.39. The van der Waals surface area contributed by atoms with E-state index in [2.05, 4.69) is 0 Å². The van der Waals surface area contributed by atoms with Crippen LogP contribution in [0.4, 0.5) is 0 Å². The molecular formula is C18H22N2O3S. The summed E-state index contributed by atoms with van der Waals surface area (Å²) in [4.78, 5) is 0.317. The van der Waals surface area contributed by atoms with Crippen molar-refractivity contribution in [1.29, 1.82) is 0 Å². The molecule has 0 saturated heterocycles. The molecule has 6 heteroatoms. The fraction of sp³-hybridized carbons (Fsp3) is 0.333. The van der Waals surface area contributed by atoms with Crippen LogP contribution < -0.4 is 16.2 Å². The second-order valence-electron chi connectivity index (χ2n) is 6.17. The van der Waals surface area contributed by atoms with Gasteiger partial charge in [0.05, 0.1) is 17.3 Å². The van der Waals surface area contributed by atoms with Gasteiger partial charge in [-0.3, -0.25) is 0 Å². The lowest BCUT2D eigenvalue weighted by atomic mass is 9.99. The minimum atomic E-state index is -3.50. The summed E-state index contributed by atoms with van der Waals surface area (Å²) in [7, 11) is -1.91. The molecule has 1 aliphatic rings. The van der Waals surface area contributed by atoms with Crippen LogP contribution >= 0.6 is 0 Å². The third-order valence-electron chi connectivity index (χ3n) is 5.02. The van der Waals surface area contributed by atoms with Gasteiger partial charge in [-0.25, -0.2) is 8.42 Å². The van der Waals surface area contributed by atoms with Gasteiger partial charge in [0.1, 0.15) is 5.75 Å². The van der Waals surface area contributed by atoms with Crippen LogP contribution in [0, 0.1) is 5.41 Å². The summed E-state index contributed by atoms with van der Waals surface area (Å²) in [5.41, 5.74) is 12.2. The molecule has 0 bridgehead atoms. The fourth-order valence-electron chi connectivity index (χ4n) is 3.59. The van der Waals surface area contributed by atoms with Crippen molar-refractivity contribution >= 4 is 9.84 Å². The Labute approximate surface area is 142 Å². The van der Waals surface area contributed by atoms with Gasteiger partial charge in [-0.05, 0) is 29.8 Å². The van der Waals surface area contributed by atoms with E-state index in [1.165, 1.54) is 0 Å². The van der Waals surface area contributed by atoms with Crippen molar-refractivity contribution in [3.05, 3.63) is 60.2 Å². The molecule has 0 heterocycles. The molecule has 128 valence electrons. The second kappa shape index (κ2) is 6.20. The molecule has 2 atom stereocenters. The molecule has 2 aromatic carbocycles. The molecule has 4 N–H and O–H groups in total. The molecule has 0 radical (unpaired) electrons. The Balaban J connectivity index is 2.02. The molecule has 0 aliphatic heterocycles. The Morgan fingerprint density at radius 2 is 1.58 bits per heavy atom. The zero-order chi connectivity index (χ0) is 17.4. The number of benzene rings is 2. The molecule has 3 rings (SSSR count). The van der Waals surface area contributed by atoms with E-state index in [-0.39, 0.29) is 19.0 Å². The van der Waals surface area contributed by atoms with Crippen molar-refractivity contribution < 1.29 is 13.2 Å². The Kier molecular flexibility index (Phi) is 4.38. The SMILES string of the molecule is COc1ccc([C@H]2[C@@H](S(=O)(=O)c3ccccc3)C2(CN)CN)cc1. The Morgan fingerprint density at radius 3 is 2.08 bits per heavy atom. The standard InChI is InChI=1S/C18H22N2O3S/c1-23-14-9-7-13(8-10-14)16-17(18(16,11-19)12-20)24(21,22)15-5-3-2-4-6-15/h2-10,16-17H,11-12,19-20H2,1H3/t16-,17+/m0/s1. The average Bonchev–Trinajstić information content (AvgIpc) is 3.33. The Hall–Kier alpha value is -1.89. The molecule has 2 aromatic rings. The van der Waals surface area contributed by atoms with Crippen molar-refractivity contribution in [2.45, 2.75) is 16.1 Å². The van der Waals surface area contributed by atoms with Crippen LogP contribution in [-0.2, 0) is 9.84 Å². The molecule has 24 heavy (non-hydrogen) atoms. The van der Waals surface area contributed by atoms with Crippen LogP contribution in [0.25, 0.3) is 0 Å². The zero-order valence-electron chi connectivity index (χ0n) is 13.6. The predicted octanol–water partition coefficient (Wildman–Crippen LogP) is 1.54. The van der Waals surface area contributed by atoms with Crippen molar-refractivity contribution in [2.24, 2.45) is 16.9 Å². The summed E-state index contributed by atoms with van der Waals surface area (Å²) in [6, 6.07) is 15.9. The van der Waals surface area contributed by atoms with Crippen LogP contribution in [0.3, 0.4) is 0 Å². The number of hydrogen-bond donors (Lipinski definition) is 2. The van der Waals surface area contributed by atoms with Gasteiger partial charge in [-0.15, -0.1) is 0 Å². The van der Waals surface area contributed by atoms with Crippen LogP contribution in [0.2, 0.25) is 0 Å². The van der Waals surface area contributed by atoms with E-state index in [4.69, 9.17) is 16.2 Å². The highest BCUT2D eigenvalue weighted by Crippen LogP contribution is 2.63. The van der Waals surface area contributed by atoms with Crippen LogP contribution in [0.1, 0.15) is 11.5 Å². The summed E-state index contributed by atoms with van der Waals surface area (Å²) in [5, 5.41) is -0.601. The van der Waals surface area contributed by atoms with E-state index in [0.717, 1.165) is 11.3 Å². The quantitative estimate of drug-likeness (QED) is 0.827. The van der Waals surface area contributed by atoms with E-state index in [1.807, 2.05) is 24.3 Å². The smallest absolute Gasteiger partial charge is 0.182 e. The number of hydrogen-bond acceptors (Lipinski definition) is 5. The lowest BCUT2D eigenvalue weighted by molar-refractivity contribution is 0.414. The lowest BCUT2D eigenvalue weighted by Crippen LogP contribution is -2.31. The van der Waals surface area contributed by atoms with E-state index in [0.29, 0.717) is 4.90 Å². The summed E-state index contributed by atoms with van der Waals surface area (Å²) in [6.45, 7) is 0.466. The van der Waals surface area contributed by atoms with Crippen molar-refractivity contribution in [1.82, 2.24) is 0 Å². The predicted molar refractivity (Wildman–Crippen MR) is 93.7 cm³/mol. The van der Waals surface area contributed by atoms with Gasteiger partial charge in [0.2, 0.25) is 0 Å². The number of sulfone groups is 1. The zero-order valence-corrected chi connectivity index (χ0v) is 14.4. The molecular weight excluding hydrogens is 324 g/mol. The largest absolute Gasteiger partial charge is 0.497 e. The van der Waals surface area contributed by atoms with Crippen molar-refractivity contribution in [3.8, 4) is 5.75 Å². The van der Waals surface area contributed by atoms with E-state index in [9.17, 15) is 8.42 Å². The molecule has 0 unspecified atom stereocenters. The van der Waals surface area contributed by atoms with Gasteiger partial charge in [0.15, 0.2) is 9.84 Å². The maximum atomic E-state index is 13.1. The van der Waals surface area contributed by atoms with Gasteiger partial charge in [-0.1, -0.05) is 30.3 Å². The number of rotatable bonds is 6. The van der Waals surface area contributed by atoms with Crippen LogP contribution in [0.5, 0.6) is 5.75 Å². The lowest BCUT2D eigenvalue weighted by Gasteiger charge is -2.13. The summed E-state index contributed by atoms with van der Waals surface area (Å²) in [6.07, 6.45) is 0. The summed E-state index contributed by atoms with van der Waals surface area (Å²) >= 11 is 0. The third kappa shape index (κ3) is 2.51. The van der Waals surface area contributed by atoms with E-state index < -0.39 is 20.5 Å². The number of ether oxygens (including phenoxy) is 1. The van der Waals surface area contributed by atoms with Gasteiger partial charge >= 0.3 is 0 Å². The first kappa shape index (κ1) is 17.0. The van der Waals surface area contributed by atoms with Gasteiger partial charge < -0.3 is 16.2 Å². The average molecular weight is 346 g/mol. The first-order valence-electron chi connectivity index (χ1n) is 7.84. The molecule has 0 aromatic heterocycles. The second-order valence-corrected chi connectivity index (χ2v) is 8.24. The maximum Gasteiger partial charge on any atom is 0.182 e. The highest BCUT2D eigenvalue weighted by molar-refractivity contribution is 7.92. The molecule has 5 nitrogen and oxygen atoms in total. The fourth-order valence-corrected chi connectivity index (χ4v) is 6.08. The van der Waals surface area contributed by atoms with Crippen LogP contribution in [-0.4, -0.2) is 33.9 Å². The highest BCUT2D eigenvalue weighted by atomic mass is 32.2. The van der Waals surface area contributed by atoms with Gasteiger partial charge in [-0.2, -0.15) is 0 Å². The van der Waals surface area contributed by atoms with Crippen LogP contribution in [0.15, 0.2) is 59.5 Å². The topological polar surface area (TPSA) is 95.4 Å². The van der Waals surface area contributed by atoms with E-state index in [1.54, 1.807) is 37.4 Å². The molecule has 0 spiro atoms. The van der Waals surface area contributed by atoms with E-state index >= 15 is 0 Å². The van der Waals surface area contributed by atoms with Gasteiger partial charge in [0, 0.05) is 24.4 Å². The summed E-state index contributed by atoms with van der Waals surface area (Å²) in [5.74, 6) is 0.525. The Morgan fingerprint density at radius 1 is 1.00 bits per heavy atom. The van der Waals surface area contributed by atoms with Gasteiger partial charge in [0.25, 0.3) is 0 Å². The normalized spacial score (nSPS) is 22.1. The monoisotopic (exact) mass is 346 g/mol.